The van der Waals surface area contributed by atoms with E-state index in [0.29, 0.717) is 18.3 Å². The lowest BCUT2D eigenvalue weighted by atomic mass is 9.87. The van der Waals surface area contributed by atoms with E-state index in [2.05, 4.69) is 79.3 Å². The second-order valence-corrected chi connectivity index (χ2v) is 7.49. The Kier molecular flexibility index (Phi) is 5.00. The van der Waals surface area contributed by atoms with Gasteiger partial charge in [0.15, 0.2) is 0 Å². The molecular weight excluding hydrogens is 310 g/mol. The Bertz CT molecular complexity index is 801. The van der Waals surface area contributed by atoms with Crippen LogP contribution in [-0.2, 0) is 18.5 Å². The Morgan fingerprint density at radius 1 is 0.880 bits per heavy atom. The van der Waals surface area contributed by atoms with Crippen LogP contribution in [0.2, 0.25) is 0 Å². The first kappa shape index (κ1) is 17.4. The summed E-state index contributed by atoms with van der Waals surface area (Å²) >= 11 is 0. The van der Waals surface area contributed by atoms with Crippen molar-refractivity contribution in [1.29, 1.82) is 0 Å². The van der Waals surface area contributed by atoms with Crippen LogP contribution >= 0.6 is 0 Å². The van der Waals surface area contributed by atoms with Crippen LogP contribution in [0, 0.1) is 0 Å². The van der Waals surface area contributed by atoms with Crippen molar-refractivity contribution >= 4 is 0 Å². The van der Waals surface area contributed by atoms with E-state index in [1.54, 1.807) is 0 Å². The SMILES string of the molecule is CN(Cc1ccccc1)Cc1nnc(-c2ccc(C(C)(C)C)cc2)o1. The number of nitrogens with zero attached hydrogens (tertiary/aromatic N) is 3. The number of hydrogen-bond acceptors (Lipinski definition) is 4. The van der Waals surface area contributed by atoms with Crippen molar-refractivity contribution in [3.63, 3.8) is 0 Å². The summed E-state index contributed by atoms with van der Waals surface area (Å²) in [7, 11) is 2.05. The predicted octanol–water partition coefficient (Wildman–Crippen LogP) is 4.67. The molecule has 0 radical (unpaired) electrons. The molecule has 0 bridgehead atoms. The van der Waals surface area contributed by atoms with Crippen LogP contribution in [0.5, 0.6) is 0 Å². The van der Waals surface area contributed by atoms with Crippen molar-refractivity contribution in [2.75, 3.05) is 7.05 Å². The van der Waals surface area contributed by atoms with Crippen molar-refractivity contribution < 1.29 is 4.42 Å². The van der Waals surface area contributed by atoms with Gasteiger partial charge in [0.2, 0.25) is 11.8 Å². The normalized spacial score (nSPS) is 11.9. The van der Waals surface area contributed by atoms with Gasteiger partial charge in [0.25, 0.3) is 0 Å². The summed E-state index contributed by atoms with van der Waals surface area (Å²) in [5, 5.41) is 8.38. The second kappa shape index (κ2) is 7.19. The molecule has 2 aromatic carbocycles. The maximum atomic E-state index is 5.84. The van der Waals surface area contributed by atoms with E-state index in [-0.39, 0.29) is 5.41 Å². The summed E-state index contributed by atoms with van der Waals surface area (Å²) < 4.78 is 5.84. The first-order chi connectivity index (χ1) is 11.9. The fraction of sp³-hybridized carbons (Fsp3) is 0.333. The monoisotopic (exact) mass is 335 g/mol. The van der Waals surface area contributed by atoms with Crippen LogP contribution in [0.1, 0.15) is 37.8 Å². The molecule has 0 atom stereocenters. The number of aromatic nitrogens is 2. The van der Waals surface area contributed by atoms with Crippen LogP contribution < -0.4 is 0 Å². The molecular formula is C21H25N3O. The summed E-state index contributed by atoms with van der Waals surface area (Å²) in [6.07, 6.45) is 0. The molecule has 130 valence electrons. The fourth-order valence-electron chi connectivity index (χ4n) is 2.73. The maximum absolute atomic E-state index is 5.84. The average Bonchev–Trinajstić information content (AvgIpc) is 3.03. The van der Waals surface area contributed by atoms with Gasteiger partial charge in [0.1, 0.15) is 0 Å². The Balaban J connectivity index is 1.66. The molecule has 0 saturated carbocycles. The van der Waals surface area contributed by atoms with E-state index < -0.39 is 0 Å². The van der Waals surface area contributed by atoms with E-state index in [1.807, 2.05) is 18.2 Å². The van der Waals surface area contributed by atoms with Gasteiger partial charge in [-0.3, -0.25) is 4.90 Å². The van der Waals surface area contributed by atoms with Crippen molar-refractivity contribution in [3.8, 4) is 11.5 Å². The summed E-state index contributed by atoms with van der Waals surface area (Å²) in [6.45, 7) is 8.08. The average molecular weight is 335 g/mol. The molecule has 0 unspecified atom stereocenters. The largest absolute Gasteiger partial charge is 0.419 e. The van der Waals surface area contributed by atoms with E-state index in [1.165, 1.54) is 11.1 Å². The van der Waals surface area contributed by atoms with Crippen molar-refractivity contribution in [1.82, 2.24) is 15.1 Å². The topological polar surface area (TPSA) is 42.2 Å². The van der Waals surface area contributed by atoms with Crippen LogP contribution in [0.25, 0.3) is 11.5 Å². The van der Waals surface area contributed by atoms with E-state index in [9.17, 15) is 0 Å². The minimum absolute atomic E-state index is 0.138. The van der Waals surface area contributed by atoms with Gasteiger partial charge in [0.05, 0.1) is 6.54 Å². The van der Waals surface area contributed by atoms with Gasteiger partial charge in [-0.05, 0) is 35.7 Å². The first-order valence-electron chi connectivity index (χ1n) is 8.57. The van der Waals surface area contributed by atoms with Crippen molar-refractivity contribution in [2.24, 2.45) is 0 Å². The molecule has 0 amide bonds. The molecule has 4 nitrogen and oxygen atoms in total. The van der Waals surface area contributed by atoms with Crippen molar-refractivity contribution in [2.45, 2.75) is 39.3 Å². The molecule has 0 spiro atoms. The van der Waals surface area contributed by atoms with Gasteiger partial charge in [-0.1, -0.05) is 63.2 Å². The zero-order chi connectivity index (χ0) is 17.9. The van der Waals surface area contributed by atoms with E-state index in [4.69, 9.17) is 4.42 Å². The third-order valence-electron chi connectivity index (χ3n) is 4.17. The molecule has 0 aliphatic rings. The number of hydrogen-bond donors (Lipinski definition) is 0. The van der Waals surface area contributed by atoms with Crippen molar-refractivity contribution in [3.05, 3.63) is 71.6 Å². The van der Waals surface area contributed by atoms with Crippen LogP contribution in [-0.4, -0.2) is 22.1 Å². The molecule has 3 rings (SSSR count). The molecule has 0 aliphatic heterocycles. The summed E-state index contributed by atoms with van der Waals surface area (Å²) in [4.78, 5) is 2.16. The molecule has 3 aromatic rings. The van der Waals surface area contributed by atoms with Gasteiger partial charge >= 0.3 is 0 Å². The zero-order valence-corrected chi connectivity index (χ0v) is 15.4. The van der Waals surface area contributed by atoms with Gasteiger partial charge < -0.3 is 4.42 Å². The molecule has 0 aliphatic carbocycles. The van der Waals surface area contributed by atoms with Crippen LogP contribution in [0.15, 0.2) is 59.0 Å². The molecule has 0 saturated heterocycles. The number of benzene rings is 2. The minimum atomic E-state index is 0.138. The Hall–Kier alpha value is -2.46. The molecule has 4 heteroatoms. The molecule has 1 heterocycles. The van der Waals surface area contributed by atoms with Gasteiger partial charge in [-0.25, -0.2) is 0 Å². The van der Waals surface area contributed by atoms with Crippen LogP contribution in [0.4, 0.5) is 0 Å². The maximum Gasteiger partial charge on any atom is 0.247 e. The third kappa shape index (κ3) is 4.54. The highest BCUT2D eigenvalue weighted by molar-refractivity contribution is 5.53. The smallest absolute Gasteiger partial charge is 0.247 e. The predicted molar refractivity (Wildman–Crippen MR) is 100 cm³/mol. The van der Waals surface area contributed by atoms with Gasteiger partial charge in [0, 0.05) is 12.1 Å². The molecule has 0 fully saturated rings. The zero-order valence-electron chi connectivity index (χ0n) is 15.4. The summed E-state index contributed by atoms with van der Waals surface area (Å²) in [5.74, 6) is 1.21. The standard InChI is InChI=1S/C21H25N3O/c1-21(2,3)18-12-10-17(11-13-18)20-23-22-19(25-20)15-24(4)14-16-8-6-5-7-9-16/h5-13H,14-15H2,1-4H3. The first-order valence-corrected chi connectivity index (χ1v) is 8.57. The molecule has 25 heavy (non-hydrogen) atoms. The summed E-state index contributed by atoms with van der Waals surface area (Å²) in [6, 6.07) is 18.7. The Labute approximate surface area is 149 Å². The molecule has 1 aromatic heterocycles. The second-order valence-electron chi connectivity index (χ2n) is 7.49. The lowest BCUT2D eigenvalue weighted by Crippen LogP contribution is -2.17. The Morgan fingerprint density at radius 3 is 2.20 bits per heavy atom. The highest BCUT2D eigenvalue weighted by atomic mass is 16.4. The Morgan fingerprint density at radius 2 is 1.56 bits per heavy atom. The lowest BCUT2D eigenvalue weighted by molar-refractivity contribution is 0.283. The molecule has 0 N–H and O–H groups in total. The van der Waals surface area contributed by atoms with Gasteiger partial charge in [-0.2, -0.15) is 0 Å². The quantitative estimate of drug-likeness (QED) is 0.680. The van der Waals surface area contributed by atoms with E-state index >= 15 is 0 Å². The lowest BCUT2D eigenvalue weighted by Gasteiger charge is -2.18. The van der Waals surface area contributed by atoms with Gasteiger partial charge in [-0.15, -0.1) is 10.2 Å². The third-order valence-corrected chi connectivity index (χ3v) is 4.17. The highest BCUT2D eigenvalue weighted by Crippen LogP contribution is 2.25. The number of rotatable bonds is 5. The summed E-state index contributed by atoms with van der Waals surface area (Å²) in [5.41, 5.74) is 3.65. The highest BCUT2D eigenvalue weighted by Gasteiger charge is 2.15. The van der Waals surface area contributed by atoms with Crippen LogP contribution in [0.3, 0.4) is 0 Å². The minimum Gasteiger partial charge on any atom is -0.419 e. The fourth-order valence-corrected chi connectivity index (χ4v) is 2.73. The van der Waals surface area contributed by atoms with E-state index in [0.717, 1.165) is 12.1 Å².